The minimum absolute atomic E-state index is 0.367. The third kappa shape index (κ3) is 4.93. The van der Waals surface area contributed by atoms with Gasteiger partial charge in [-0.25, -0.2) is 0 Å². The zero-order chi connectivity index (χ0) is 14.3. The molecular weight excluding hydrogens is 240 g/mol. The number of carbonyl (C=O) groups excluding carboxylic acids is 2. The normalized spacial score (nSPS) is 13.8. The van der Waals surface area contributed by atoms with Gasteiger partial charge in [0, 0.05) is 0 Å². The van der Waals surface area contributed by atoms with Gasteiger partial charge in [-0.1, -0.05) is 50.1 Å². The standard InChI is InChI=1S/C15H22N2O2/c1-2-3-9-12(16)14(18)15(19)13(17)10-11-7-5-4-6-8-11/h4-8,12-13H,2-3,9-10,16-17H2,1H3/t12-,13-/m0/s1. The molecule has 1 aromatic rings. The summed E-state index contributed by atoms with van der Waals surface area (Å²) >= 11 is 0. The van der Waals surface area contributed by atoms with Gasteiger partial charge < -0.3 is 11.5 Å². The molecule has 0 aliphatic rings. The molecule has 0 spiro atoms. The van der Waals surface area contributed by atoms with Gasteiger partial charge in [0.2, 0.25) is 11.6 Å². The lowest BCUT2D eigenvalue weighted by molar-refractivity contribution is -0.138. The molecular formula is C15H22N2O2. The summed E-state index contributed by atoms with van der Waals surface area (Å²) < 4.78 is 0. The summed E-state index contributed by atoms with van der Waals surface area (Å²) in [6, 6.07) is 7.89. The zero-order valence-electron chi connectivity index (χ0n) is 11.3. The van der Waals surface area contributed by atoms with E-state index in [1.807, 2.05) is 37.3 Å². The van der Waals surface area contributed by atoms with Gasteiger partial charge in [-0.2, -0.15) is 0 Å². The summed E-state index contributed by atoms with van der Waals surface area (Å²) in [5.74, 6) is -1.11. The van der Waals surface area contributed by atoms with Crippen LogP contribution in [-0.4, -0.2) is 23.7 Å². The number of carbonyl (C=O) groups is 2. The Labute approximate surface area is 114 Å². The lowest BCUT2D eigenvalue weighted by Gasteiger charge is -2.13. The number of unbranched alkanes of at least 4 members (excludes halogenated alkanes) is 1. The fraction of sp³-hybridized carbons (Fsp3) is 0.467. The van der Waals surface area contributed by atoms with Crippen molar-refractivity contribution in [2.24, 2.45) is 11.5 Å². The van der Waals surface area contributed by atoms with Crippen molar-refractivity contribution in [1.82, 2.24) is 0 Å². The largest absolute Gasteiger partial charge is 0.321 e. The molecule has 19 heavy (non-hydrogen) atoms. The monoisotopic (exact) mass is 262 g/mol. The molecule has 4 heteroatoms. The molecule has 4 N–H and O–H groups in total. The van der Waals surface area contributed by atoms with Crippen molar-refractivity contribution in [1.29, 1.82) is 0 Å². The van der Waals surface area contributed by atoms with Gasteiger partial charge in [0.05, 0.1) is 12.1 Å². The van der Waals surface area contributed by atoms with Gasteiger partial charge >= 0.3 is 0 Å². The van der Waals surface area contributed by atoms with Crippen molar-refractivity contribution >= 4 is 11.6 Å². The van der Waals surface area contributed by atoms with Gasteiger partial charge in [-0.3, -0.25) is 9.59 Å². The minimum atomic E-state index is -0.803. The quantitative estimate of drug-likeness (QED) is 0.689. The Kier molecular flexibility index (Phi) is 6.39. The lowest BCUT2D eigenvalue weighted by Crippen LogP contribution is -2.45. The topological polar surface area (TPSA) is 86.2 Å². The van der Waals surface area contributed by atoms with Gasteiger partial charge in [0.25, 0.3) is 0 Å². The van der Waals surface area contributed by atoms with E-state index < -0.39 is 23.7 Å². The van der Waals surface area contributed by atoms with E-state index in [1.165, 1.54) is 0 Å². The van der Waals surface area contributed by atoms with Gasteiger partial charge in [-0.05, 0) is 18.4 Å². The van der Waals surface area contributed by atoms with Crippen LogP contribution in [0.4, 0.5) is 0 Å². The molecule has 104 valence electrons. The second kappa shape index (κ2) is 7.81. The van der Waals surface area contributed by atoms with Crippen molar-refractivity contribution in [2.75, 3.05) is 0 Å². The van der Waals surface area contributed by atoms with Gasteiger partial charge in [-0.15, -0.1) is 0 Å². The Bertz CT molecular complexity index is 417. The maximum atomic E-state index is 11.9. The number of ketones is 2. The Morgan fingerprint density at radius 1 is 1.05 bits per heavy atom. The van der Waals surface area contributed by atoms with E-state index in [9.17, 15) is 9.59 Å². The van der Waals surface area contributed by atoms with E-state index in [0.29, 0.717) is 12.8 Å². The molecule has 2 atom stereocenters. The molecule has 4 nitrogen and oxygen atoms in total. The first-order valence-corrected chi connectivity index (χ1v) is 6.69. The van der Waals surface area contributed by atoms with Crippen molar-refractivity contribution in [2.45, 2.75) is 44.7 Å². The summed E-state index contributed by atoms with van der Waals surface area (Å²) in [7, 11) is 0. The Morgan fingerprint density at radius 2 is 1.63 bits per heavy atom. The summed E-state index contributed by atoms with van der Waals surface area (Å²) in [6.45, 7) is 2.01. The molecule has 0 bridgehead atoms. The predicted molar refractivity (Wildman–Crippen MR) is 75.6 cm³/mol. The first-order chi connectivity index (χ1) is 9.06. The highest BCUT2D eigenvalue weighted by atomic mass is 16.2. The van der Waals surface area contributed by atoms with Crippen LogP contribution in [0.25, 0.3) is 0 Å². The van der Waals surface area contributed by atoms with E-state index >= 15 is 0 Å². The van der Waals surface area contributed by atoms with E-state index in [2.05, 4.69) is 0 Å². The highest BCUT2D eigenvalue weighted by molar-refractivity contribution is 6.40. The average Bonchev–Trinajstić information content (AvgIpc) is 2.44. The highest BCUT2D eigenvalue weighted by Crippen LogP contribution is 2.05. The van der Waals surface area contributed by atoms with E-state index in [0.717, 1.165) is 18.4 Å². The SMILES string of the molecule is CCCC[C@H](N)C(=O)C(=O)[C@@H](N)Cc1ccccc1. The molecule has 1 rings (SSSR count). The van der Waals surface area contributed by atoms with Crippen LogP contribution in [0.3, 0.4) is 0 Å². The minimum Gasteiger partial charge on any atom is -0.321 e. The first-order valence-electron chi connectivity index (χ1n) is 6.69. The molecule has 0 aromatic heterocycles. The summed E-state index contributed by atoms with van der Waals surface area (Å²) in [6.07, 6.45) is 2.70. The van der Waals surface area contributed by atoms with Crippen LogP contribution in [0, 0.1) is 0 Å². The predicted octanol–water partition coefficient (Wildman–Crippen LogP) is 1.21. The Morgan fingerprint density at radius 3 is 2.21 bits per heavy atom. The molecule has 0 heterocycles. The van der Waals surface area contributed by atoms with Crippen LogP contribution in [0.15, 0.2) is 30.3 Å². The second-order valence-corrected chi connectivity index (χ2v) is 4.77. The average molecular weight is 262 g/mol. The Hall–Kier alpha value is -1.52. The van der Waals surface area contributed by atoms with E-state index in [1.54, 1.807) is 0 Å². The van der Waals surface area contributed by atoms with Crippen LogP contribution in [0.5, 0.6) is 0 Å². The van der Waals surface area contributed by atoms with Crippen LogP contribution in [-0.2, 0) is 16.0 Å². The summed E-state index contributed by atoms with van der Waals surface area (Å²) in [5.41, 5.74) is 12.4. The van der Waals surface area contributed by atoms with Crippen LogP contribution in [0.2, 0.25) is 0 Å². The number of hydrogen-bond acceptors (Lipinski definition) is 4. The highest BCUT2D eigenvalue weighted by Gasteiger charge is 2.26. The number of nitrogens with two attached hydrogens (primary N) is 2. The number of Topliss-reactive ketones (excluding diaryl/α,β-unsaturated/α-hetero) is 2. The maximum Gasteiger partial charge on any atom is 0.216 e. The number of benzene rings is 1. The van der Waals surface area contributed by atoms with Crippen molar-refractivity contribution in [3.8, 4) is 0 Å². The molecule has 0 amide bonds. The van der Waals surface area contributed by atoms with Crippen LogP contribution in [0.1, 0.15) is 31.7 Å². The van der Waals surface area contributed by atoms with E-state index in [-0.39, 0.29) is 0 Å². The van der Waals surface area contributed by atoms with Crippen LogP contribution >= 0.6 is 0 Å². The number of rotatable bonds is 8. The summed E-state index contributed by atoms with van der Waals surface area (Å²) in [4.78, 5) is 23.7. The molecule has 0 aliphatic heterocycles. The third-order valence-electron chi connectivity index (χ3n) is 3.08. The van der Waals surface area contributed by atoms with Crippen molar-refractivity contribution in [3.63, 3.8) is 0 Å². The fourth-order valence-corrected chi connectivity index (χ4v) is 1.88. The fourth-order valence-electron chi connectivity index (χ4n) is 1.88. The van der Waals surface area contributed by atoms with Crippen molar-refractivity contribution in [3.05, 3.63) is 35.9 Å². The number of hydrogen-bond donors (Lipinski definition) is 2. The maximum absolute atomic E-state index is 11.9. The van der Waals surface area contributed by atoms with Crippen molar-refractivity contribution < 1.29 is 9.59 Å². The van der Waals surface area contributed by atoms with Gasteiger partial charge in [0.1, 0.15) is 0 Å². The first kappa shape index (κ1) is 15.5. The lowest BCUT2D eigenvalue weighted by atomic mass is 9.96. The molecule has 0 saturated carbocycles. The molecule has 0 unspecified atom stereocenters. The zero-order valence-corrected chi connectivity index (χ0v) is 11.3. The third-order valence-corrected chi connectivity index (χ3v) is 3.08. The Balaban J connectivity index is 2.54. The van der Waals surface area contributed by atoms with Gasteiger partial charge in [0.15, 0.2) is 0 Å². The summed E-state index contributed by atoms with van der Waals surface area (Å²) in [5, 5.41) is 0. The molecule has 0 aliphatic carbocycles. The smallest absolute Gasteiger partial charge is 0.216 e. The second-order valence-electron chi connectivity index (χ2n) is 4.77. The van der Waals surface area contributed by atoms with E-state index in [4.69, 9.17) is 11.5 Å². The molecule has 1 aromatic carbocycles. The molecule has 0 fully saturated rings. The van der Waals surface area contributed by atoms with Crippen LogP contribution < -0.4 is 11.5 Å². The molecule has 0 saturated heterocycles. The molecule has 0 radical (unpaired) electrons.